The standard InChI is InChI=1S/C21H28N4O/c1-16(2)10-12-24-21(26)18-9-6-11-23-20(18)25-14-13-22-19(15-25)17-7-4-3-5-8-17/h3-9,11,16,19,22H,10,12-15H2,1-2H3,(H,24,26)/t19-/m0/s1. The van der Waals surface area contributed by atoms with Crippen molar-refractivity contribution in [3.05, 3.63) is 59.8 Å². The first-order valence-corrected chi connectivity index (χ1v) is 9.41. The lowest BCUT2D eigenvalue weighted by molar-refractivity contribution is 0.0952. The summed E-state index contributed by atoms with van der Waals surface area (Å²) >= 11 is 0. The molecule has 1 fully saturated rings. The first kappa shape index (κ1) is 18.4. The highest BCUT2D eigenvalue weighted by Crippen LogP contribution is 2.23. The average molecular weight is 352 g/mol. The zero-order valence-corrected chi connectivity index (χ0v) is 15.6. The maximum atomic E-state index is 12.6. The van der Waals surface area contributed by atoms with Crippen molar-refractivity contribution < 1.29 is 4.79 Å². The number of aromatic nitrogens is 1. The Hall–Kier alpha value is -2.40. The van der Waals surface area contributed by atoms with Crippen LogP contribution in [0.15, 0.2) is 48.7 Å². The summed E-state index contributed by atoms with van der Waals surface area (Å²) in [6, 6.07) is 14.4. The van der Waals surface area contributed by atoms with E-state index in [0.717, 1.165) is 31.9 Å². The van der Waals surface area contributed by atoms with Gasteiger partial charge < -0.3 is 15.5 Å². The molecule has 0 radical (unpaired) electrons. The highest BCUT2D eigenvalue weighted by molar-refractivity contribution is 5.98. The molecule has 138 valence electrons. The van der Waals surface area contributed by atoms with Gasteiger partial charge in [0.25, 0.3) is 5.91 Å². The van der Waals surface area contributed by atoms with Crippen LogP contribution in [0.2, 0.25) is 0 Å². The molecule has 2 aromatic rings. The van der Waals surface area contributed by atoms with E-state index < -0.39 is 0 Å². The highest BCUT2D eigenvalue weighted by Gasteiger charge is 2.24. The molecule has 5 heteroatoms. The molecule has 2 heterocycles. The van der Waals surface area contributed by atoms with Crippen LogP contribution in [-0.2, 0) is 0 Å². The Kier molecular flexibility index (Phi) is 6.23. The molecule has 1 aliphatic heterocycles. The van der Waals surface area contributed by atoms with E-state index in [1.807, 2.05) is 18.2 Å². The van der Waals surface area contributed by atoms with Gasteiger partial charge in [-0.15, -0.1) is 0 Å². The summed E-state index contributed by atoms with van der Waals surface area (Å²) in [6.07, 6.45) is 2.74. The normalized spacial score (nSPS) is 17.3. The van der Waals surface area contributed by atoms with Gasteiger partial charge in [0.05, 0.1) is 5.56 Å². The summed E-state index contributed by atoms with van der Waals surface area (Å²) in [5, 5.41) is 6.59. The lowest BCUT2D eigenvalue weighted by Crippen LogP contribution is -2.46. The number of benzene rings is 1. The van der Waals surface area contributed by atoms with Crippen LogP contribution < -0.4 is 15.5 Å². The molecule has 1 amide bonds. The minimum absolute atomic E-state index is 0.0384. The van der Waals surface area contributed by atoms with Crippen LogP contribution in [0.3, 0.4) is 0 Å². The van der Waals surface area contributed by atoms with E-state index in [9.17, 15) is 4.79 Å². The van der Waals surface area contributed by atoms with Crippen molar-refractivity contribution in [2.24, 2.45) is 5.92 Å². The molecule has 0 aliphatic carbocycles. The van der Waals surface area contributed by atoms with Gasteiger partial charge in [-0.3, -0.25) is 4.79 Å². The number of anilines is 1. The van der Waals surface area contributed by atoms with Crippen molar-refractivity contribution in [2.45, 2.75) is 26.3 Å². The second kappa shape index (κ2) is 8.81. The van der Waals surface area contributed by atoms with E-state index in [0.29, 0.717) is 18.0 Å². The summed E-state index contributed by atoms with van der Waals surface area (Å²) in [4.78, 5) is 19.4. The molecule has 0 bridgehead atoms. The van der Waals surface area contributed by atoms with E-state index in [1.54, 1.807) is 6.20 Å². The van der Waals surface area contributed by atoms with E-state index in [1.165, 1.54) is 5.56 Å². The topological polar surface area (TPSA) is 57.3 Å². The van der Waals surface area contributed by atoms with Gasteiger partial charge in [-0.05, 0) is 30.0 Å². The fourth-order valence-electron chi connectivity index (χ4n) is 3.25. The minimum atomic E-state index is -0.0384. The third-order valence-corrected chi connectivity index (χ3v) is 4.72. The first-order valence-electron chi connectivity index (χ1n) is 9.41. The van der Waals surface area contributed by atoms with Crippen LogP contribution in [-0.4, -0.2) is 37.1 Å². The third-order valence-electron chi connectivity index (χ3n) is 4.72. The van der Waals surface area contributed by atoms with Gasteiger partial charge in [0, 0.05) is 38.4 Å². The van der Waals surface area contributed by atoms with E-state index in [2.05, 4.69) is 58.6 Å². The van der Waals surface area contributed by atoms with Crippen LogP contribution in [0.25, 0.3) is 0 Å². The Balaban J connectivity index is 1.73. The number of carbonyl (C=O) groups is 1. The average Bonchev–Trinajstić information content (AvgIpc) is 2.68. The summed E-state index contributed by atoms with van der Waals surface area (Å²) in [5.74, 6) is 1.31. The summed E-state index contributed by atoms with van der Waals surface area (Å²) in [5.41, 5.74) is 1.92. The maximum absolute atomic E-state index is 12.6. The maximum Gasteiger partial charge on any atom is 0.255 e. The molecule has 1 saturated heterocycles. The summed E-state index contributed by atoms with van der Waals surface area (Å²) in [7, 11) is 0. The van der Waals surface area contributed by atoms with Crippen LogP contribution in [0.4, 0.5) is 5.82 Å². The zero-order valence-electron chi connectivity index (χ0n) is 15.6. The Morgan fingerprint density at radius 2 is 2.08 bits per heavy atom. The highest BCUT2D eigenvalue weighted by atomic mass is 16.1. The molecule has 1 aromatic heterocycles. The number of nitrogens with zero attached hydrogens (tertiary/aromatic N) is 2. The Labute approximate surface area is 155 Å². The Morgan fingerprint density at radius 1 is 1.27 bits per heavy atom. The van der Waals surface area contributed by atoms with Gasteiger partial charge in [-0.1, -0.05) is 44.2 Å². The van der Waals surface area contributed by atoms with Crippen molar-refractivity contribution >= 4 is 11.7 Å². The van der Waals surface area contributed by atoms with Crippen molar-refractivity contribution in [1.29, 1.82) is 0 Å². The minimum Gasteiger partial charge on any atom is -0.353 e. The molecular weight excluding hydrogens is 324 g/mol. The predicted octanol–water partition coefficient (Wildman–Crippen LogP) is 3.01. The predicted molar refractivity (Wildman–Crippen MR) is 105 cm³/mol. The van der Waals surface area contributed by atoms with Gasteiger partial charge in [0.15, 0.2) is 0 Å². The number of hydrogen-bond donors (Lipinski definition) is 2. The Morgan fingerprint density at radius 3 is 2.85 bits per heavy atom. The lowest BCUT2D eigenvalue weighted by atomic mass is 10.0. The third kappa shape index (κ3) is 4.61. The van der Waals surface area contributed by atoms with Gasteiger partial charge in [-0.2, -0.15) is 0 Å². The van der Waals surface area contributed by atoms with Crippen molar-refractivity contribution in [3.8, 4) is 0 Å². The smallest absolute Gasteiger partial charge is 0.255 e. The molecule has 0 spiro atoms. The van der Waals surface area contributed by atoms with Crippen molar-refractivity contribution in [3.63, 3.8) is 0 Å². The SMILES string of the molecule is CC(C)CCNC(=O)c1cccnc1N1CCN[C@H](c2ccccc2)C1. The molecular formula is C21H28N4O. The molecule has 5 nitrogen and oxygen atoms in total. The van der Waals surface area contributed by atoms with Crippen LogP contribution in [0.1, 0.15) is 42.2 Å². The molecule has 0 saturated carbocycles. The fourth-order valence-corrected chi connectivity index (χ4v) is 3.25. The number of carbonyl (C=O) groups excluding carboxylic acids is 1. The quantitative estimate of drug-likeness (QED) is 0.839. The Bertz CT molecular complexity index is 717. The van der Waals surface area contributed by atoms with Gasteiger partial charge >= 0.3 is 0 Å². The van der Waals surface area contributed by atoms with Gasteiger partial charge in [-0.25, -0.2) is 4.98 Å². The monoisotopic (exact) mass is 352 g/mol. The lowest BCUT2D eigenvalue weighted by Gasteiger charge is -2.35. The molecule has 26 heavy (non-hydrogen) atoms. The number of piperazine rings is 1. The molecule has 2 N–H and O–H groups in total. The number of nitrogens with one attached hydrogen (secondary N) is 2. The molecule has 0 unspecified atom stereocenters. The number of amides is 1. The first-order chi connectivity index (χ1) is 12.6. The summed E-state index contributed by atoms with van der Waals surface area (Å²) < 4.78 is 0. The molecule has 1 aromatic carbocycles. The van der Waals surface area contributed by atoms with Crippen LogP contribution >= 0.6 is 0 Å². The second-order valence-electron chi connectivity index (χ2n) is 7.18. The van der Waals surface area contributed by atoms with Crippen molar-refractivity contribution in [1.82, 2.24) is 15.6 Å². The van der Waals surface area contributed by atoms with E-state index in [4.69, 9.17) is 0 Å². The van der Waals surface area contributed by atoms with Crippen LogP contribution in [0, 0.1) is 5.92 Å². The number of pyridine rings is 1. The zero-order chi connectivity index (χ0) is 18.4. The number of rotatable bonds is 6. The van der Waals surface area contributed by atoms with E-state index in [-0.39, 0.29) is 11.9 Å². The number of hydrogen-bond acceptors (Lipinski definition) is 4. The van der Waals surface area contributed by atoms with Gasteiger partial charge in [0.2, 0.25) is 0 Å². The second-order valence-corrected chi connectivity index (χ2v) is 7.18. The molecule has 3 rings (SSSR count). The molecule has 1 atom stereocenters. The summed E-state index contributed by atoms with van der Waals surface area (Å²) in [6.45, 7) is 7.52. The fraction of sp³-hybridized carbons (Fsp3) is 0.429. The van der Waals surface area contributed by atoms with Gasteiger partial charge in [0.1, 0.15) is 5.82 Å². The van der Waals surface area contributed by atoms with Crippen molar-refractivity contribution in [2.75, 3.05) is 31.1 Å². The van der Waals surface area contributed by atoms with Crippen LogP contribution in [0.5, 0.6) is 0 Å². The largest absolute Gasteiger partial charge is 0.353 e. The van der Waals surface area contributed by atoms with E-state index >= 15 is 0 Å². The molecule has 1 aliphatic rings.